The van der Waals surface area contributed by atoms with E-state index in [0.29, 0.717) is 19.3 Å². The van der Waals surface area contributed by atoms with Gasteiger partial charge in [0.05, 0.1) is 0 Å². The maximum Gasteiger partial charge on any atom is 0.306 e. The van der Waals surface area contributed by atoms with Gasteiger partial charge in [-0.3, -0.25) is 14.4 Å². The molecule has 392 valence electrons. The lowest BCUT2D eigenvalue weighted by Gasteiger charge is -2.18. The van der Waals surface area contributed by atoms with Crippen LogP contribution in [0.25, 0.3) is 0 Å². The van der Waals surface area contributed by atoms with E-state index in [2.05, 4.69) is 57.2 Å². The molecule has 1 unspecified atom stereocenters. The number of esters is 3. The summed E-state index contributed by atoms with van der Waals surface area (Å²) < 4.78 is 16.8. The highest BCUT2D eigenvalue weighted by Crippen LogP contribution is 2.14. The third-order valence-electron chi connectivity index (χ3n) is 11.9. The molecule has 0 fully saturated rings. The number of unbranched alkanes of at least 4 members (excludes halogenated alkanes) is 27. The van der Waals surface area contributed by atoms with Crippen LogP contribution in [0.2, 0.25) is 0 Å². The van der Waals surface area contributed by atoms with E-state index < -0.39 is 6.10 Å². The molecule has 0 amide bonds. The van der Waals surface area contributed by atoms with Gasteiger partial charge in [0.25, 0.3) is 0 Å². The highest BCUT2D eigenvalue weighted by molar-refractivity contribution is 5.71. The Kier molecular flexibility index (Phi) is 53.4. The Balaban J connectivity index is 4.50. The molecule has 0 saturated carbocycles. The number of ether oxygens (including phenoxy) is 3. The molecule has 0 aromatic rings. The summed E-state index contributed by atoms with van der Waals surface area (Å²) in [6.07, 6.45) is 76.4. The fourth-order valence-corrected chi connectivity index (χ4v) is 7.65. The normalized spacial score (nSPS) is 12.9. The maximum absolute atomic E-state index is 12.9. The number of carbonyl (C=O) groups excluding carboxylic acids is 3. The fraction of sp³-hybridized carbons (Fsp3) is 0.667. The van der Waals surface area contributed by atoms with Crippen LogP contribution in [0.3, 0.4) is 0 Å². The van der Waals surface area contributed by atoms with Crippen LogP contribution in [0.15, 0.2) is 109 Å². The molecule has 0 aromatic heterocycles. The first-order valence-corrected chi connectivity index (χ1v) is 28.5. The largest absolute Gasteiger partial charge is 0.462 e. The SMILES string of the molecule is CC\C=C/C=C\C=C/C=C\C=C\C=C/C=C\CCCCCC(=O)OCC(COC(=O)CCCCC/C=C\CCCCCCCC)OC(=O)CCCCCCCCC/C=C\CCCCCCCCCC. The van der Waals surface area contributed by atoms with E-state index >= 15 is 0 Å². The monoisotopic (exact) mass is 957 g/mol. The standard InChI is InChI=1S/C63H104O6/c1-4-7-10-13-16-19-22-25-27-29-31-33-35-38-41-44-47-50-53-56-62(65)68-59-60(58-67-61(64)55-52-49-46-43-40-37-24-21-18-15-12-9-6-3)69-63(66)57-54-51-48-45-42-39-36-34-32-30-28-26-23-20-17-14-11-8-5-2/h7,10,13,16,19,22,25,27,29-33,35,37-38,40-41,60H,4-6,8-9,11-12,14-15,17-18,20-21,23-24,26,28,34,36,39,42-59H2,1-3H3/b10-7-,16-13-,22-19-,27-25-,31-29+,32-30-,35-33-,40-37-,41-38-. The van der Waals surface area contributed by atoms with Crippen molar-refractivity contribution in [3.63, 3.8) is 0 Å². The summed E-state index contributed by atoms with van der Waals surface area (Å²) in [4.78, 5) is 38.1. The number of hydrogen-bond donors (Lipinski definition) is 0. The molecule has 0 heterocycles. The molecule has 0 radical (unpaired) electrons. The Morgan fingerprint density at radius 1 is 0.304 bits per heavy atom. The van der Waals surface area contributed by atoms with Crippen molar-refractivity contribution in [2.45, 2.75) is 258 Å². The molecule has 0 rings (SSSR count). The summed E-state index contributed by atoms with van der Waals surface area (Å²) >= 11 is 0. The zero-order valence-electron chi connectivity index (χ0n) is 44.8. The molecule has 69 heavy (non-hydrogen) atoms. The Labute approximate surface area is 425 Å². The fourth-order valence-electron chi connectivity index (χ4n) is 7.65. The predicted octanol–water partition coefficient (Wildman–Crippen LogP) is 19.1. The lowest BCUT2D eigenvalue weighted by atomic mass is 10.1. The molecule has 6 nitrogen and oxygen atoms in total. The van der Waals surface area contributed by atoms with Gasteiger partial charge in [-0.15, -0.1) is 0 Å². The third kappa shape index (κ3) is 54.9. The van der Waals surface area contributed by atoms with Gasteiger partial charge in [-0.1, -0.05) is 252 Å². The number of allylic oxidation sites excluding steroid dienone is 18. The molecule has 0 N–H and O–H groups in total. The minimum absolute atomic E-state index is 0.104. The summed E-state index contributed by atoms with van der Waals surface area (Å²) in [5.41, 5.74) is 0. The van der Waals surface area contributed by atoms with Gasteiger partial charge in [0.15, 0.2) is 6.10 Å². The van der Waals surface area contributed by atoms with Crippen LogP contribution in [0.1, 0.15) is 252 Å². The van der Waals surface area contributed by atoms with Crippen molar-refractivity contribution in [2.75, 3.05) is 13.2 Å². The highest BCUT2D eigenvalue weighted by atomic mass is 16.6. The Morgan fingerprint density at radius 3 is 0.942 bits per heavy atom. The Hall–Kier alpha value is -3.93. The average Bonchev–Trinajstić information content (AvgIpc) is 3.35. The topological polar surface area (TPSA) is 78.9 Å². The first kappa shape index (κ1) is 65.1. The summed E-state index contributed by atoms with van der Waals surface area (Å²) in [5.74, 6) is -0.968. The molecule has 0 aliphatic carbocycles. The highest BCUT2D eigenvalue weighted by Gasteiger charge is 2.19. The van der Waals surface area contributed by atoms with E-state index in [1.807, 2.05) is 72.9 Å². The number of hydrogen-bond acceptors (Lipinski definition) is 6. The minimum atomic E-state index is -0.808. The molecular formula is C63H104O6. The quantitative estimate of drug-likeness (QED) is 0.0199. The van der Waals surface area contributed by atoms with Gasteiger partial charge in [0.2, 0.25) is 0 Å². The van der Waals surface area contributed by atoms with Crippen molar-refractivity contribution >= 4 is 17.9 Å². The summed E-state index contributed by atoms with van der Waals surface area (Å²) in [6.45, 7) is 6.43. The summed E-state index contributed by atoms with van der Waals surface area (Å²) in [6, 6.07) is 0. The van der Waals surface area contributed by atoms with Gasteiger partial charge >= 0.3 is 17.9 Å². The Bertz CT molecular complexity index is 1420. The maximum atomic E-state index is 12.9. The second-order valence-electron chi connectivity index (χ2n) is 18.6. The lowest BCUT2D eigenvalue weighted by molar-refractivity contribution is -0.167. The van der Waals surface area contributed by atoms with Gasteiger partial charge < -0.3 is 14.2 Å². The van der Waals surface area contributed by atoms with Crippen LogP contribution < -0.4 is 0 Å². The Morgan fingerprint density at radius 2 is 0.580 bits per heavy atom. The summed E-state index contributed by atoms with van der Waals surface area (Å²) in [5, 5.41) is 0. The van der Waals surface area contributed by atoms with Gasteiger partial charge in [-0.05, 0) is 89.9 Å². The molecule has 6 heteroatoms. The van der Waals surface area contributed by atoms with Gasteiger partial charge in [-0.2, -0.15) is 0 Å². The van der Waals surface area contributed by atoms with Crippen LogP contribution >= 0.6 is 0 Å². The second-order valence-corrected chi connectivity index (χ2v) is 18.6. The minimum Gasteiger partial charge on any atom is -0.462 e. The number of carbonyl (C=O) groups is 3. The molecule has 0 aromatic carbocycles. The van der Waals surface area contributed by atoms with Gasteiger partial charge in [0, 0.05) is 19.3 Å². The molecule has 0 aliphatic rings. The predicted molar refractivity (Wildman–Crippen MR) is 297 cm³/mol. The smallest absolute Gasteiger partial charge is 0.306 e. The van der Waals surface area contributed by atoms with Crippen LogP contribution in [-0.4, -0.2) is 37.2 Å². The zero-order chi connectivity index (χ0) is 50.0. The summed E-state index contributed by atoms with van der Waals surface area (Å²) in [7, 11) is 0. The first-order chi connectivity index (χ1) is 34.0. The van der Waals surface area contributed by atoms with Gasteiger partial charge in [0.1, 0.15) is 13.2 Å². The average molecular weight is 958 g/mol. The molecule has 0 aliphatic heterocycles. The molecule has 1 atom stereocenters. The molecule has 0 spiro atoms. The first-order valence-electron chi connectivity index (χ1n) is 28.5. The lowest BCUT2D eigenvalue weighted by Crippen LogP contribution is -2.30. The van der Waals surface area contributed by atoms with E-state index in [-0.39, 0.29) is 31.1 Å². The molecule has 0 saturated heterocycles. The van der Waals surface area contributed by atoms with Crippen molar-refractivity contribution < 1.29 is 28.6 Å². The molecule has 0 bridgehead atoms. The van der Waals surface area contributed by atoms with E-state index in [4.69, 9.17) is 14.2 Å². The van der Waals surface area contributed by atoms with E-state index in [1.54, 1.807) is 0 Å². The zero-order valence-corrected chi connectivity index (χ0v) is 44.8. The van der Waals surface area contributed by atoms with Crippen molar-refractivity contribution in [1.82, 2.24) is 0 Å². The van der Waals surface area contributed by atoms with Crippen molar-refractivity contribution in [3.8, 4) is 0 Å². The van der Waals surface area contributed by atoms with Crippen LogP contribution in [0.4, 0.5) is 0 Å². The molecular weight excluding hydrogens is 853 g/mol. The van der Waals surface area contributed by atoms with Crippen molar-refractivity contribution in [1.29, 1.82) is 0 Å². The number of rotatable bonds is 50. The van der Waals surface area contributed by atoms with Gasteiger partial charge in [-0.25, -0.2) is 0 Å². The van der Waals surface area contributed by atoms with E-state index in [9.17, 15) is 14.4 Å². The van der Waals surface area contributed by atoms with E-state index in [1.165, 1.54) is 128 Å². The van der Waals surface area contributed by atoms with Crippen LogP contribution in [0, 0.1) is 0 Å². The third-order valence-corrected chi connectivity index (χ3v) is 11.9. The van der Waals surface area contributed by atoms with E-state index in [0.717, 1.165) is 83.5 Å². The van der Waals surface area contributed by atoms with Crippen molar-refractivity contribution in [2.24, 2.45) is 0 Å². The van der Waals surface area contributed by atoms with Crippen molar-refractivity contribution in [3.05, 3.63) is 109 Å². The van der Waals surface area contributed by atoms with Crippen LogP contribution in [-0.2, 0) is 28.6 Å². The second kappa shape index (κ2) is 56.7. The van der Waals surface area contributed by atoms with Crippen LogP contribution in [0.5, 0.6) is 0 Å².